The van der Waals surface area contributed by atoms with E-state index in [0.29, 0.717) is 24.9 Å². The number of benzene rings is 1. The molecule has 6 nitrogen and oxygen atoms in total. The monoisotopic (exact) mass is 356 g/mol. The van der Waals surface area contributed by atoms with Crippen LogP contribution in [0.15, 0.2) is 29.2 Å². The van der Waals surface area contributed by atoms with E-state index in [9.17, 15) is 27.6 Å². The number of pyridine rings is 1. The van der Waals surface area contributed by atoms with Crippen LogP contribution in [0.3, 0.4) is 0 Å². The molecule has 0 unspecified atom stereocenters. The second-order valence-corrected chi connectivity index (χ2v) is 5.40. The van der Waals surface area contributed by atoms with Crippen molar-refractivity contribution in [2.75, 3.05) is 6.54 Å². The van der Waals surface area contributed by atoms with Crippen molar-refractivity contribution in [1.29, 1.82) is 0 Å². The van der Waals surface area contributed by atoms with Gasteiger partial charge in [0.2, 0.25) is 5.43 Å². The van der Waals surface area contributed by atoms with Crippen LogP contribution in [0.4, 0.5) is 13.2 Å². The highest BCUT2D eigenvalue weighted by Gasteiger charge is 2.42. The molecule has 0 radical (unpaired) electrons. The van der Waals surface area contributed by atoms with Gasteiger partial charge in [0.15, 0.2) is 0 Å². The van der Waals surface area contributed by atoms with E-state index in [1.165, 1.54) is 11.6 Å². The van der Waals surface area contributed by atoms with E-state index in [1.807, 2.05) is 0 Å². The summed E-state index contributed by atoms with van der Waals surface area (Å²) in [6, 6.07) is 5.01. The molecule has 0 aliphatic carbocycles. The van der Waals surface area contributed by atoms with Gasteiger partial charge in [-0.25, -0.2) is 9.59 Å². The molecule has 0 aliphatic rings. The number of rotatable bonds is 4. The van der Waals surface area contributed by atoms with Gasteiger partial charge >= 0.3 is 18.1 Å². The molecule has 134 valence electrons. The largest absolute Gasteiger partial charge is 0.491 e. The summed E-state index contributed by atoms with van der Waals surface area (Å²) in [6.45, 7) is 0.460. The lowest BCUT2D eigenvalue weighted by Crippen LogP contribution is -2.30. The molecule has 2 aromatic rings. The van der Waals surface area contributed by atoms with Gasteiger partial charge in [-0.2, -0.15) is 13.2 Å². The molecule has 2 N–H and O–H groups in total. The number of nitrogens with zero attached hydrogens (tertiary/aromatic N) is 1. The number of esters is 2. The van der Waals surface area contributed by atoms with Crippen LogP contribution in [-0.2, 0) is 23.0 Å². The van der Waals surface area contributed by atoms with Gasteiger partial charge in [-0.3, -0.25) is 4.79 Å². The number of halogens is 3. The Morgan fingerprint density at radius 3 is 2.56 bits per heavy atom. The van der Waals surface area contributed by atoms with E-state index < -0.39 is 29.1 Å². The summed E-state index contributed by atoms with van der Waals surface area (Å²) in [5, 5.41) is 0.144. The van der Waals surface area contributed by atoms with Crippen molar-refractivity contribution in [3.63, 3.8) is 0 Å². The number of nitrogens with two attached hydrogens (primary N) is 1. The quantitative estimate of drug-likeness (QED) is 0.665. The molecule has 1 aromatic carbocycles. The number of ether oxygens (including phenoxy) is 1. The lowest BCUT2D eigenvalue weighted by atomic mass is 10.0. The first-order valence-electron chi connectivity index (χ1n) is 7.31. The van der Waals surface area contributed by atoms with E-state index in [4.69, 9.17) is 5.73 Å². The highest BCUT2D eigenvalue weighted by molar-refractivity contribution is 6.00. The second-order valence-electron chi connectivity index (χ2n) is 5.40. The maximum Gasteiger partial charge on any atom is 0.491 e. The van der Waals surface area contributed by atoms with Crippen LogP contribution in [0.25, 0.3) is 10.9 Å². The first-order valence-corrected chi connectivity index (χ1v) is 7.31. The van der Waals surface area contributed by atoms with E-state index in [1.54, 1.807) is 18.2 Å². The molecule has 0 saturated heterocycles. The van der Waals surface area contributed by atoms with Gasteiger partial charge in [0, 0.05) is 18.6 Å². The Kier molecular flexibility index (Phi) is 5.27. The van der Waals surface area contributed by atoms with Crippen molar-refractivity contribution in [1.82, 2.24) is 4.57 Å². The van der Waals surface area contributed by atoms with Crippen molar-refractivity contribution in [2.45, 2.75) is 19.0 Å². The molecule has 0 spiro atoms. The minimum Gasteiger partial charge on any atom is -0.382 e. The molecular formula is C16H15F3N2O4. The minimum absolute atomic E-state index is 0.144. The second kappa shape index (κ2) is 7.06. The predicted octanol–water partition coefficient (Wildman–Crippen LogP) is 1.68. The highest BCUT2D eigenvalue weighted by Crippen LogP contribution is 2.18. The van der Waals surface area contributed by atoms with E-state index in [2.05, 4.69) is 4.74 Å². The highest BCUT2D eigenvalue weighted by atomic mass is 19.4. The predicted molar refractivity (Wildman–Crippen MR) is 83.0 cm³/mol. The molecule has 0 saturated carbocycles. The third-order valence-electron chi connectivity index (χ3n) is 3.56. The molecule has 0 fully saturated rings. The Morgan fingerprint density at radius 1 is 1.28 bits per heavy atom. The fourth-order valence-corrected chi connectivity index (χ4v) is 2.34. The topological polar surface area (TPSA) is 91.4 Å². The van der Waals surface area contributed by atoms with Gasteiger partial charge < -0.3 is 15.0 Å². The number of fused-ring (bicyclic) bond motifs is 1. The Hall–Kier alpha value is -2.68. The summed E-state index contributed by atoms with van der Waals surface area (Å²) in [4.78, 5) is 35.0. The third-order valence-corrected chi connectivity index (χ3v) is 3.56. The standard InChI is InChI=1S/C16H15F3N2O4/c1-21-8-11(14(23)25-15(24)16(17,18)19)13(22)10-7-9(3-2-6-20)4-5-12(10)21/h4-5,7-8H,2-3,6,20H2,1H3. The van der Waals surface area contributed by atoms with Gasteiger partial charge in [-0.05, 0) is 37.1 Å². The Morgan fingerprint density at radius 2 is 1.96 bits per heavy atom. The van der Waals surface area contributed by atoms with E-state index >= 15 is 0 Å². The molecule has 0 atom stereocenters. The number of carbonyl (C=O) groups is 2. The van der Waals surface area contributed by atoms with Gasteiger partial charge in [0.25, 0.3) is 0 Å². The van der Waals surface area contributed by atoms with Crippen LogP contribution in [0, 0.1) is 0 Å². The van der Waals surface area contributed by atoms with Crippen LogP contribution in [-0.4, -0.2) is 29.2 Å². The van der Waals surface area contributed by atoms with Crippen LogP contribution in [0.5, 0.6) is 0 Å². The molecule has 0 amide bonds. The van der Waals surface area contributed by atoms with Crippen LogP contribution >= 0.6 is 0 Å². The SMILES string of the molecule is Cn1cc(C(=O)OC(=O)C(F)(F)F)c(=O)c2cc(CCCN)ccc21. The van der Waals surface area contributed by atoms with Gasteiger partial charge in [-0.1, -0.05) is 6.07 Å². The molecular weight excluding hydrogens is 341 g/mol. The minimum atomic E-state index is -5.33. The first kappa shape index (κ1) is 18.7. The summed E-state index contributed by atoms with van der Waals surface area (Å²) in [5.74, 6) is -4.31. The Balaban J connectivity index is 2.47. The number of carbonyl (C=O) groups excluding carboxylic acids is 2. The molecule has 2 rings (SSSR count). The van der Waals surface area contributed by atoms with E-state index in [0.717, 1.165) is 11.8 Å². The van der Waals surface area contributed by atoms with Gasteiger partial charge in [-0.15, -0.1) is 0 Å². The van der Waals surface area contributed by atoms with Crippen molar-refractivity contribution >= 4 is 22.8 Å². The van der Waals surface area contributed by atoms with Crippen LogP contribution in [0.1, 0.15) is 22.3 Å². The number of aryl methyl sites for hydroxylation is 2. The lowest BCUT2D eigenvalue weighted by molar-refractivity contribution is -0.193. The van der Waals surface area contributed by atoms with Gasteiger partial charge in [0.05, 0.1) is 5.52 Å². The zero-order valence-corrected chi connectivity index (χ0v) is 13.2. The fourth-order valence-electron chi connectivity index (χ4n) is 2.34. The Bertz CT molecular complexity index is 887. The van der Waals surface area contributed by atoms with Crippen LogP contribution < -0.4 is 11.2 Å². The average molecular weight is 356 g/mol. The molecule has 0 aliphatic heterocycles. The summed E-state index contributed by atoms with van der Waals surface area (Å²) in [7, 11) is 1.52. The third kappa shape index (κ3) is 4.05. The summed E-state index contributed by atoms with van der Waals surface area (Å²) in [5.41, 5.74) is 5.27. The fraction of sp³-hybridized carbons (Fsp3) is 0.312. The summed E-state index contributed by atoms with van der Waals surface area (Å²) >= 11 is 0. The molecule has 25 heavy (non-hydrogen) atoms. The number of alkyl halides is 3. The average Bonchev–Trinajstić information content (AvgIpc) is 2.55. The zero-order valence-electron chi connectivity index (χ0n) is 13.2. The van der Waals surface area contributed by atoms with Gasteiger partial charge in [0.1, 0.15) is 5.56 Å². The normalized spacial score (nSPS) is 11.6. The number of aromatic nitrogens is 1. The lowest BCUT2D eigenvalue weighted by Gasteiger charge is -2.10. The van der Waals surface area contributed by atoms with Crippen molar-refractivity contribution < 1.29 is 27.5 Å². The molecule has 0 bridgehead atoms. The number of hydrogen-bond acceptors (Lipinski definition) is 5. The summed E-state index contributed by atoms with van der Waals surface area (Å²) < 4.78 is 41.8. The van der Waals surface area contributed by atoms with E-state index in [-0.39, 0.29) is 5.39 Å². The molecule has 1 aromatic heterocycles. The molecule has 9 heteroatoms. The summed E-state index contributed by atoms with van der Waals surface area (Å²) in [6.07, 6.45) is -2.99. The maximum absolute atomic E-state index is 12.4. The number of hydrogen-bond donors (Lipinski definition) is 1. The first-order chi connectivity index (χ1) is 11.6. The maximum atomic E-state index is 12.4. The zero-order chi connectivity index (χ0) is 18.8. The van der Waals surface area contributed by atoms with Crippen molar-refractivity contribution in [2.24, 2.45) is 12.8 Å². The molecule has 1 heterocycles. The van der Waals surface area contributed by atoms with Crippen LogP contribution in [0.2, 0.25) is 0 Å². The van der Waals surface area contributed by atoms with Crippen molar-refractivity contribution in [3.05, 3.63) is 45.7 Å². The smallest absolute Gasteiger partial charge is 0.382 e. The van der Waals surface area contributed by atoms with Crippen molar-refractivity contribution in [3.8, 4) is 0 Å². The Labute approximate surface area is 140 Å².